The van der Waals surface area contributed by atoms with Gasteiger partial charge in [-0.15, -0.1) is 0 Å². The molecule has 2 aliphatic rings. The number of fused-ring (bicyclic) bond motifs is 2. The highest BCUT2D eigenvalue weighted by atomic mass is 79.9. The van der Waals surface area contributed by atoms with Gasteiger partial charge >= 0.3 is 0 Å². The van der Waals surface area contributed by atoms with Crippen molar-refractivity contribution in [2.24, 2.45) is 5.92 Å². The maximum atomic E-state index is 6.07. The smallest absolute Gasteiger partial charge is 0.231 e. The number of aromatic nitrogens is 4. The Morgan fingerprint density at radius 2 is 2.14 bits per heavy atom. The van der Waals surface area contributed by atoms with E-state index in [-0.39, 0.29) is 6.79 Å². The molecular weight excluding hydrogens is 444 g/mol. The third-order valence-corrected chi connectivity index (χ3v) is 6.96. The highest BCUT2D eigenvalue weighted by Gasteiger charge is 2.23. The van der Waals surface area contributed by atoms with Crippen molar-refractivity contribution in [1.82, 2.24) is 24.8 Å². The Morgan fingerprint density at radius 3 is 2.96 bits per heavy atom. The number of nitrogens with one attached hydrogen (secondary N) is 1. The van der Waals surface area contributed by atoms with Gasteiger partial charge in [0.25, 0.3) is 0 Å². The maximum Gasteiger partial charge on any atom is 0.231 e. The highest BCUT2D eigenvalue weighted by Crippen LogP contribution is 2.43. The normalized spacial score (nSPS) is 18.7. The van der Waals surface area contributed by atoms with Gasteiger partial charge in [0.15, 0.2) is 33.6 Å². The first-order valence-corrected chi connectivity index (χ1v) is 10.7. The lowest BCUT2D eigenvalue weighted by atomic mass is 10.00. The summed E-state index contributed by atoms with van der Waals surface area (Å²) in [5, 5.41) is 4.32. The Kier molecular flexibility index (Phi) is 4.77. The zero-order chi connectivity index (χ0) is 19.1. The average molecular weight is 463 g/mol. The van der Waals surface area contributed by atoms with E-state index in [1.807, 2.05) is 12.1 Å². The number of nitrogens with zero attached hydrogens (tertiary/aromatic N) is 4. The van der Waals surface area contributed by atoms with E-state index in [1.54, 1.807) is 11.8 Å². The second-order valence-electron chi connectivity index (χ2n) is 6.89. The van der Waals surface area contributed by atoms with E-state index >= 15 is 0 Å². The van der Waals surface area contributed by atoms with E-state index in [1.165, 1.54) is 19.2 Å². The molecule has 0 bridgehead atoms. The maximum absolute atomic E-state index is 6.07. The monoisotopic (exact) mass is 462 g/mol. The first-order valence-electron chi connectivity index (χ1n) is 9.13. The molecule has 1 aromatic carbocycles. The molecular formula is C18H19BrN6O2S. The van der Waals surface area contributed by atoms with Crippen LogP contribution < -0.4 is 20.5 Å². The molecule has 146 valence electrons. The fourth-order valence-corrected chi connectivity index (χ4v) is 5.08. The van der Waals surface area contributed by atoms with Crippen molar-refractivity contribution in [1.29, 1.82) is 0 Å². The van der Waals surface area contributed by atoms with E-state index in [0.29, 0.717) is 17.3 Å². The summed E-state index contributed by atoms with van der Waals surface area (Å²) in [4.78, 5) is 14.3. The Hall–Kier alpha value is -2.04. The molecule has 2 aromatic heterocycles. The summed E-state index contributed by atoms with van der Waals surface area (Å²) < 4.78 is 14.1. The number of hydrogen-bond donors (Lipinski definition) is 2. The number of piperidine rings is 1. The zero-order valence-corrected chi connectivity index (χ0v) is 17.4. The first-order chi connectivity index (χ1) is 13.7. The van der Waals surface area contributed by atoms with Crippen LogP contribution in [0.25, 0.3) is 11.2 Å². The number of imidazole rings is 1. The van der Waals surface area contributed by atoms with Crippen molar-refractivity contribution in [3.05, 3.63) is 22.9 Å². The molecule has 0 radical (unpaired) electrons. The van der Waals surface area contributed by atoms with Crippen molar-refractivity contribution >= 4 is 44.7 Å². The van der Waals surface area contributed by atoms with Crippen molar-refractivity contribution in [2.75, 3.05) is 25.6 Å². The molecule has 1 atom stereocenters. The van der Waals surface area contributed by atoms with E-state index in [9.17, 15) is 0 Å². The molecule has 3 N–H and O–H groups in total. The fourth-order valence-electron chi connectivity index (χ4n) is 3.59. The molecule has 0 aliphatic carbocycles. The molecule has 5 rings (SSSR count). The predicted octanol–water partition coefficient (Wildman–Crippen LogP) is 3.05. The molecule has 1 saturated heterocycles. The van der Waals surface area contributed by atoms with Gasteiger partial charge in [0.05, 0.1) is 0 Å². The lowest BCUT2D eigenvalue weighted by molar-refractivity contribution is 0.174. The predicted molar refractivity (Wildman–Crippen MR) is 110 cm³/mol. The van der Waals surface area contributed by atoms with Gasteiger partial charge in [-0.2, -0.15) is 0 Å². The number of benzene rings is 1. The van der Waals surface area contributed by atoms with Crippen LogP contribution >= 0.6 is 27.7 Å². The molecule has 2 aliphatic heterocycles. The van der Waals surface area contributed by atoms with E-state index in [2.05, 4.69) is 35.8 Å². The van der Waals surface area contributed by atoms with Gasteiger partial charge in [-0.1, -0.05) is 11.8 Å². The summed E-state index contributed by atoms with van der Waals surface area (Å²) in [6.07, 6.45) is 3.87. The van der Waals surface area contributed by atoms with E-state index in [0.717, 1.165) is 51.3 Å². The van der Waals surface area contributed by atoms with Gasteiger partial charge in [-0.05, 0) is 59.9 Å². The average Bonchev–Trinajstić information content (AvgIpc) is 3.29. The lowest BCUT2D eigenvalue weighted by Gasteiger charge is -2.23. The van der Waals surface area contributed by atoms with Crippen LogP contribution in [0.2, 0.25) is 0 Å². The first kappa shape index (κ1) is 18.0. The molecule has 0 amide bonds. The molecule has 28 heavy (non-hydrogen) atoms. The number of ether oxygens (including phenoxy) is 2. The number of halogens is 1. The van der Waals surface area contributed by atoms with Gasteiger partial charge in [-0.25, -0.2) is 15.0 Å². The van der Waals surface area contributed by atoms with Crippen LogP contribution in [-0.4, -0.2) is 39.4 Å². The van der Waals surface area contributed by atoms with Crippen LogP contribution in [0.1, 0.15) is 12.8 Å². The summed E-state index contributed by atoms with van der Waals surface area (Å²) in [5.74, 6) is 2.41. The Morgan fingerprint density at radius 1 is 1.29 bits per heavy atom. The van der Waals surface area contributed by atoms with Crippen LogP contribution in [-0.2, 0) is 6.54 Å². The number of nitrogens with two attached hydrogens (primary N) is 1. The van der Waals surface area contributed by atoms with Gasteiger partial charge in [0, 0.05) is 15.9 Å². The van der Waals surface area contributed by atoms with Crippen molar-refractivity contribution < 1.29 is 9.47 Å². The van der Waals surface area contributed by atoms with Crippen LogP contribution in [0.3, 0.4) is 0 Å². The molecule has 1 unspecified atom stereocenters. The largest absolute Gasteiger partial charge is 0.454 e. The summed E-state index contributed by atoms with van der Waals surface area (Å²) in [6, 6.07) is 3.90. The Labute approximate surface area is 174 Å². The summed E-state index contributed by atoms with van der Waals surface area (Å²) in [7, 11) is 0. The van der Waals surface area contributed by atoms with Gasteiger partial charge in [0.1, 0.15) is 6.33 Å². The second-order valence-corrected chi connectivity index (χ2v) is 8.75. The third-order valence-electron chi connectivity index (χ3n) is 4.99. The standard InChI is InChI=1S/C18H19BrN6O2S/c19-11-4-12-13(27-9-26-12)5-14(11)28-18-24-15-16(20)22-8-23-17(15)25(18)7-10-2-1-3-21-6-10/h4-5,8,10,21H,1-3,6-7,9H2,(H2,20,22,23). The van der Waals surface area contributed by atoms with Crippen LogP contribution in [0.4, 0.5) is 5.82 Å². The van der Waals surface area contributed by atoms with Crippen LogP contribution in [0, 0.1) is 5.92 Å². The minimum absolute atomic E-state index is 0.245. The Balaban J connectivity index is 1.54. The van der Waals surface area contributed by atoms with Crippen LogP contribution in [0.15, 0.2) is 33.0 Å². The van der Waals surface area contributed by atoms with Gasteiger partial charge in [0.2, 0.25) is 6.79 Å². The molecule has 10 heteroatoms. The molecule has 3 aromatic rings. The van der Waals surface area contributed by atoms with Crippen molar-refractivity contribution in [2.45, 2.75) is 29.4 Å². The highest BCUT2D eigenvalue weighted by molar-refractivity contribution is 9.10. The molecule has 0 saturated carbocycles. The lowest BCUT2D eigenvalue weighted by Crippen LogP contribution is -2.32. The van der Waals surface area contributed by atoms with Gasteiger partial charge < -0.3 is 25.1 Å². The SMILES string of the molecule is Nc1ncnc2c1nc(Sc1cc3c(cc1Br)OCO3)n2CC1CCCNC1. The van der Waals surface area contributed by atoms with E-state index < -0.39 is 0 Å². The minimum atomic E-state index is 0.245. The zero-order valence-electron chi connectivity index (χ0n) is 15.0. The summed E-state index contributed by atoms with van der Waals surface area (Å²) in [5.41, 5.74) is 7.49. The number of rotatable bonds is 4. The second kappa shape index (κ2) is 7.41. The molecule has 8 nitrogen and oxygen atoms in total. The summed E-state index contributed by atoms with van der Waals surface area (Å²) in [6.45, 7) is 3.17. The minimum Gasteiger partial charge on any atom is -0.454 e. The topological polar surface area (TPSA) is 100 Å². The third kappa shape index (κ3) is 3.29. The fraction of sp³-hybridized carbons (Fsp3) is 0.389. The molecule has 1 fully saturated rings. The quantitative estimate of drug-likeness (QED) is 0.609. The molecule has 0 spiro atoms. The summed E-state index contributed by atoms with van der Waals surface area (Å²) >= 11 is 5.19. The van der Waals surface area contributed by atoms with Gasteiger partial charge in [-0.3, -0.25) is 0 Å². The number of hydrogen-bond acceptors (Lipinski definition) is 8. The number of nitrogen functional groups attached to an aromatic ring is 1. The Bertz CT molecular complexity index is 1040. The molecule has 4 heterocycles. The van der Waals surface area contributed by atoms with Crippen molar-refractivity contribution in [3.8, 4) is 11.5 Å². The number of anilines is 1. The van der Waals surface area contributed by atoms with E-state index in [4.69, 9.17) is 20.2 Å². The van der Waals surface area contributed by atoms with Crippen molar-refractivity contribution in [3.63, 3.8) is 0 Å². The van der Waals surface area contributed by atoms with Crippen LogP contribution in [0.5, 0.6) is 11.5 Å².